The zero-order chi connectivity index (χ0) is 91.7. The van der Waals surface area contributed by atoms with E-state index in [0.717, 1.165) is 123 Å². The van der Waals surface area contributed by atoms with Gasteiger partial charge in [-0.05, 0) is 180 Å². The number of hydrogen-bond donors (Lipinski definition) is 0. The van der Waals surface area contributed by atoms with Crippen LogP contribution in [0.1, 0.15) is 156 Å². The van der Waals surface area contributed by atoms with Gasteiger partial charge in [0, 0.05) is 66.5 Å². The summed E-state index contributed by atoms with van der Waals surface area (Å²) in [5.41, 5.74) is 7.90. The van der Waals surface area contributed by atoms with Gasteiger partial charge in [0.05, 0.1) is 20.3 Å². The Morgan fingerprint density at radius 1 is 0.328 bits per heavy atom. The molecule has 2 bridgehead atoms. The molecule has 22 heteroatoms. The van der Waals surface area contributed by atoms with Crippen LogP contribution in [0.25, 0.3) is 0 Å². The summed E-state index contributed by atoms with van der Waals surface area (Å²) in [6, 6.07) is 45.9. The van der Waals surface area contributed by atoms with Crippen molar-refractivity contribution in [1.82, 2.24) is 0 Å². The maximum absolute atomic E-state index is 11.1. The van der Waals surface area contributed by atoms with E-state index in [4.69, 9.17) is 47.4 Å². The quantitative estimate of drug-likeness (QED) is 0.0153. The first-order valence-corrected chi connectivity index (χ1v) is 41.9. The molecule has 5 aliphatic rings. The van der Waals surface area contributed by atoms with Crippen LogP contribution in [0.3, 0.4) is 0 Å². The van der Waals surface area contributed by atoms with Gasteiger partial charge < -0.3 is 56.8 Å². The van der Waals surface area contributed by atoms with Crippen LogP contribution < -0.4 is 14.2 Å². The molecule has 0 radical (unpaired) electrons. The zero-order valence-corrected chi connectivity index (χ0v) is 73.2. The summed E-state index contributed by atoms with van der Waals surface area (Å²) in [6.07, 6.45) is 30.9. The van der Waals surface area contributed by atoms with Gasteiger partial charge in [0.25, 0.3) is 0 Å². The lowest BCUT2D eigenvalue weighted by Gasteiger charge is -2.31. The predicted octanol–water partition coefficient (Wildman–Crippen LogP) is 19.9. The van der Waals surface area contributed by atoms with E-state index < -0.39 is 41.8 Å². The molecule has 7 unspecified atom stereocenters. The summed E-state index contributed by atoms with van der Waals surface area (Å²) in [5, 5.41) is 0. The molecule has 0 spiro atoms. The summed E-state index contributed by atoms with van der Waals surface area (Å²) in [4.78, 5) is 107. The molecule has 22 nitrogen and oxygen atoms in total. The monoisotopic (exact) mass is 1710 g/mol. The molecule has 6 aromatic carbocycles. The number of allylic oxidation sites excluding steroid dienone is 1. The Kier molecular flexibility index (Phi) is 49.9. The minimum Gasteiger partial charge on any atom is -0.490 e. The highest BCUT2D eigenvalue weighted by molar-refractivity contribution is 5.88. The Hall–Kier alpha value is -13.0. The lowest BCUT2D eigenvalue weighted by atomic mass is 9.76. The molecule has 125 heavy (non-hydrogen) atoms. The summed E-state index contributed by atoms with van der Waals surface area (Å²) in [5.74, 6) is 5.89. The van der Waals surface area contributed by atoms with Crippen molar-refractivity contribution >= 4 is 59.5 Å². The third-order valence-corrected chi connectivity index (χ3v) is 21.2. The molecule has 0 aromatic heterocycles. The molecule has 0 heterocycles. The number of ether oxygens (including phenoxy) is 12. The highest BCUT2D eigenvalue weighted by Gasteiger charge is 2.54. The van der Waals surface area contributed by atoms with Gasteiger partial charge in [-0.1, -0.05) is 235 Å². The number of ketones is 1. The largest absolute Gasteiger partial charge is 0.490 e. The third kappa shape index (κ3) is 40.7. The van der Waals surface area contributed by atoms with Crippen LogP contribution in [0, 0.1) is 41.4 Å². The van der Waals surface area contributed by atoms with Gasteiger partial charge in [-0.25, -0.2) is 43.2 Å². The number of esters is 9. The third-order valence-electron chi connectivity index (χ3n) is 21.2. The second-order valence-corrected chi connectivity index (χ2v) is 29.8. The van der Waals surface area contributed by atoms with Crippen molar-refractivity contribution in [2.45, 2.75) is 149 Å². The average molecular weight is 1710 g/mol. The number of carbonyl (C=O) groups excluding carboxylic acids is 10. The maximum Gasteiger partial charge on any atom is 0.330 e. The van der Waals surface area contributed by atoms with Crippen LogP contribution in [-0.2, 0) is 129 Å². The molecule has 5 fully saturated rings. The summed E-state index contributed by atoms with van der Waals surface area (Å²) in [7, 11) is 1.31. The van der Waals surface area contributed by atoms with E-state index in [1.165, 1.54) is 82.5 Å². The van der Waals surface area contributed by atoms with E-state index in [-0.39, 0.29) is 76.0 Å². The molecule has 668 valence electrons. The minimum absolute atomic E-state index is 0.106. The van der Waals surface area contributed by atoms with Gasteiger partial charge in [-0.2, -0.15) is 0 Å². The molecule has 0 aliphatic heterocycles. The van der Waals surface area contributed by atoms with Gasteiger partial charge in [-0.3, -0.25) is 4.79 Å². The molecule has 5 aliphatic carbocycles. The van der Waals surface area contributed by atoms with E-state index in [9.17, 15) is 47.9 Å². The van der Waals surface area contributed by atoms with Gasteiger partial charge >= 0.3 is 53.7 Å². The number of fused-ring (bicyclic) bond motifs is 6. The SMILES string of the molecule is C1CCC2CCCC2C1.C=CC(=O)CC.C=CC(=O)OC.C=CC(=O)OCC.C=CC(=O)OCC1CC2CC1C1CCCC21.C=CC(=O)OCCOc1ccc(C(C)(C)c2ccc(OCCOC(=O)C=C)cc2)cc1.C=CC(=O)OCc1ccc(Cc2ccc(COC(=O)C=C)cc2)cc1.C=CC(=O)OCc1ccc(Oc2ccc(COC(=O)C=C)cc2)cc1. The molecule has 0 amide bonds. The second-order valence-electron chi connectivity index (χ2n) is 29.8. The number of hydrogen-bond acceptors (Lipinski definition) is 22. The standard InChI is InChI=1S/C25H28O6.C21H20O4.C20H18O5.C14H20O2.C9H16.C5H8O2.C5H8O.C4H6O2/c1-5-23(26)30-17-15-28-21-11-7-19(8-12-21)25(3,4)20-9-13-22(14-10-20)29-16-18-31-24(27)6-2;1-3-20(22)24-14-18-9-5-16(6-10-18)13-17-7-11-19(12-8-17)15-25-21(23)4-2;1-3-19(21)23-13-15-5-9-17(10-6-15)25-18-11-7-16(8-12-18)14-24-20(22)4-2;1-2-14(15)16-8-10-6-9-7-13(10)12-5-3-4-11(9)12;1-2-5-9-7-3-6-8(9)4-1;1-3-5(6)7-4-2;1-3-5(6)4-2;1-3-4(5)6-2/h5-14H,1-2,15-18H2,3-4H3;3-12H,1-2,13-15H2;3-12H,1-2,13-14H2;2,9-13H,1,3-8H2;8-9H,1-7H2;3H,1,4H2,2H3;3H,1,4H2,2H3;3H,1H2,2H3. The normalized spacial score (nSPS) is 16.4. The van der Waals surface area contributed by atoms with Crippen LogP contribution in [0.5, 0.6) is 23.0 Å². The van der Waals surface area contributed by atoms with Crippen LogP contribution in [-0.4, -0.2) is 106 Å². The summed E-state index contributed by atoms with van der Waals surface area (Å²) in [6.45, 7) is 43.8. The van der Waals surface area contributed by atoms with Crippen LogP contribution in [0.2, 0.25) is 0 Å². The van der Waals surface area contributed by atoms with Crippen LogP contribution >= 0.6 is 0 Å². The lowest BCUT2D eigenvalue weighted by Crippen LogP contribution is -2.28. The molecule has 11 rings (SSSR count). The molecular formula is C103H124O22. The van der Waals surface area contributed by atoms with Gasteiger partial charge in [0.2, 0.25) is 0 Å². The molecule has 6 aromatic rings. The van der Waals surface area contributed by atoms with Crippen molar-refractivity contribution < 1.29 is 105 Å². The number of rotatable bonds is 36. The fraction of sp³-hybridized carbons (Fsp3) is 0.359. The number of benzene rings is 6. The first-order chi connectivity index (χ1) is 60.2. The fourth-order valence-electron chi connectivity index (χ4n) is 14.6. The molecule has 0 saturated heterocycles. The highest BCUT2D eigenvalue weighted by atomic mass is 16.6. The molecule has 5 saturated carbocycles. The molecular weight excluding hydrogens is 1590 g/mol. The van der Waals surface area contributed by atoms with Gasteiger partial charge in [-0.15, -0.1) is 0 Å². The van der Waals surface area contributed by atoms with Gasteiger partial charge in [0.15, 0.2) is 5.78 Å². The predicted molar refractivity (Wildman–Crippen MR) is 482 cm³/mol. The first-order valence-electron chi connectivity index (χ1n) is 41.9. The van der Waals surface area contributed by atoms with Crippen molar-refractivity contribution in [3.8, 4) is 23.0 Å². The van der Waals surface area contributed by atoms with Crippen LogP contribution in [0.4, 0.5) is 0 Å². The van der Waals surface area contributed by atoms with Crippen LogP contribution in [0.15, 0.2) is 272 Å². The van der Waals surface area contributed by atoms with E-state index in [0.29, 0.717) is 48.6 Å². The van der Waals surface area contributed by atoms with Crippen molar-refractivity contribution in [3.63, 3.8) is 0 Å². The lowest BCUT2D eigenvalue weighted by molar-refractivity contribution is -0.140. The molecule has 0 N–H and O–H groups in total. The Labute approximate surface area is 737 Å². The van der Waals surface area contributed by atoms with E-state index >= 15 is 0 Å². The average Bonchev–Trinajstić information content (AvgIpc) is 1.60. The van der Waals surface area contributed by atoms with Crippen molar-refractivity contribution in [3.05, 3.63) is 317 Å². The van der Waals surface area contributed by atoms with Crippen molar-refractivity contribution in [2.75, 3.05) is 46.8 Å². The maximum atomic E-state index is 11.1. The number of carbonyl (C=O) groups is 10. The Morgan fingerprint density at radius 2 is 0.648 bits per heavy atom. The molecule has 7 atom stereocenters. The smallest absolute Gasteiger partial charge is 0.330 e. The second kappa shape index (κ2) is 59.7. The fourth-order valence-corrected chi connectivity index (χ4v) is 14.6. The zero-order valence-electron chi connectivity index (χ0n) is 73.2. The van der Waals surface area contributed by atoms with Crippen molar-refractivity contribution in [2.24, 2.45) is 41.4 Å². The Bertz CT molecular complexity index is 4070. The van der Waals surface area contributed by atoms with Gasteiger partial charge in [0.1, 0.15) is 75.9 Å². The topological polar surface area (TPSA) is 281 Å². The van der Waals surface area contributed by atoms with E-state index in [1.54, 1.807) is 56.9 Å². The Balaban J connectivity index is 0.000000319. The number of methoxy groups -OCH3 is 1. The Morgan fingerprint density at radius 3 is 0.976 bits per heavy atom. The first kappa shape index (κ1) is 104. The van der Waals surface area contributed by atoms with E-state index in [1.807, 2.05) is 128 Å². The highest BCUT2D eigenvalue weighted by Crippen LogP contribution is 2.61. The van der Waals surface area contributed by atoms with E-state index in [2.05, 4.69) is 89.1 Å². The van der Waals surface area contributed by atoms with Crippen molar-refractivity contribution in [1.29, 1.82) is 0 Å². The summed E-state index contributed by atoms with van der Waals surface area (Å²) >= 11 is 0. The minimum atomic E-state index is -0.465. The summed E-state index contributed by atoms with van der Waals surface area (Å²) < 4.78 is 60.4.